The van der Waals surface area contributed by atoms with Crippen molar-refractivity contribution < 1.29 is 0 Å². The van der Waals surface area contributed by atoms with Crippen LogP contribution in [0.25, 0.3) is 0 Å². The lowest BCUT2D eigenvalue weighted by molar-refractivity contribution is 0.139. The molecule has 0 aliphatic carbocycles. The smallest absolute Gasteiger partial charge is 0.0175 e. The molecule has 2 rings (SSSR count). The molecule has 2 heterocycles. The van der Waals surface area contributed by atoms with Gasteiger partial charge in [-0.1, -0.05) is 0 Å². The van der Waals surface area contributed by atoms with E-state index in [-0.39, 0.29) is 0 Å². The van der Waals surface area contributed by atoms with Crippen LogP contribution in [0.2, 0.25) is 0 Å². The Morgan fingerprint density at radius 2 is 2.27 bits per heavy atom. The second-order valence-electron chi connectivity index (χ2n) is 4.99. The summed E-state index contributed by atoms with van der Waals surface area (Å²) in [6, 6.07) is 1.53. The summed E-state index contributed by atoms with van der Waals surface area (Å²) in [5.74, 6) is 1.39. The van der Waals surface area contributed by atoms with Crippen molar-refractivity contribution in [2.45, 2.75) is 49.9 Å². The second-order valence-corrected chi connectivity index (χ2v) is 6.40. The van der Waals surface area contributed by atoms with Gasteiger partial charge in [0, 0.05) is 23.9 Å². The lowest BCUT2D eigenvalue weighted by Crippen LogP contribution is -2.48. The van der Waals surface area contributed by atoms with Gasteiger partial charge < -0.3 is 5.32 Å². The fourth-order valence-corrected chi connectivity index (χ4v) is 4.10. The molecule has 3 atom stereocenters. The summed E-state index contributed by atoms with van der Waals surface area (Å²) in [5.41, 5.74) is 0. The molecule has 0 aromatic carbocycles. The predicted octanol–water partition coefficient (Wildman–Crippen LogP) is 1.95. The molecule has 1 N–H and O–H groups in total. The first-order valence-corrected chi connectivity index (χ1v) is 7.37. The molecule has 3 heteroatoms. The molecule has 0 aromatic heterocycles. The van der Waals surface area contributed by atoms with Crippen molar-refractivity contribution in [3.8, 4) is 0 Å². The number of hydrogen-bond donors (Lipinski definition) is 1. The van der Waals surface area contributed by atoms with Gasteiger partial charge in [-0.25, -0.2) is 0 Å². The Hall–Kier alpha value is 0.270. The molecule has 2 aliphatic rings. The number of piperidine rings is 1. The van der Waals surface area contributed by atoms with E-state index in [2.05, 4.69) is 35.9 Å². The molecule has 2 saturated heterocycles. The molecule has 0 bridgehead atoms. The maximum atomic E-state index is 3.42. The van der Waals surface area contributed by atoms with E-state index in [1.54, 1.807) is 0 Å². The minimum absolute atomic E-state index is 0.757. The third-order valence-corrected chi connectivity index (χ3v) is 5.26. The Kier molecular flexibility index (Phi) is 4.35. The number of likely N-dealkylation sites (tertiary alicyclic amines) is 1. The number of rotatable bonds is 3. The van der Waals surface area contributed by atoms with Crippen LogP contribution < -0.4 is 5.32 Å². The zero-order valence-electron chi connectivity index (χ0n) is 10.0. The van der Waals surface area contributed by atoms with Crippen LogP contribution in [0.1, 0.15) is 32.6 Å². The van der Waals surface area contributed by atoms with E-state index in [4.69, 9.17) is 0 Å². The van der Waals surface area contributed by atoms with Crippen molar-refractivity contribution >= 4 is 11.8 Å². The average Bonchev–Trinajstić information content (AvgIpc) is 2.74. The largest absolute Gasteiger partial charge is 0.317 e. The summed E-state index contributed by atoms with van der Waals surface area (Å²) in [7, 11) is 2.10. The Balaban J connectivity index is 1.77. The first-order chi connectivity index (χ1) is 7.29. The zero-order valence-corrected chi connectivity index (χ0v) is 10.9. The minimum atomic E-state index is 0.757. The molecule has 3 unspecified atom stereocenters. The molecule has 2 nitrogen and oxygen atoms in total. The van der Waals surface area contributed by atoms with Gasteiger partial charge in [-0.3, -0.25) is 4.90 Å². The summed E-state index contributed by atoms with van der Waals surface area (Å²) in [6.07, 6.45) is 5.55. The van der Waals surface area contributed by atoms with E-state index in [0.717, 1.165) is 17.3 Å². The molecule has 2 fully saturated rings. The summed E-state index contributed by atoms with van der Waals surface area (Å²) in [4.78, 5) is 2.71. The van der Waals surface area contributed by atoms with Crippen molar-refractivity contribution in [1.29, 1.82) is 0 Å². The van der Waals surface area contributed by atoms with Gasteiger partial charge in [-0.2, -0.15) is 11.8 Å². The molecule has 0 aromatic rings. The summed E-state index contributed by atoms with van der Waals surface area (Å²) >= 11 is 2.19. The normalized spacial score (nSPS) is 38.4. The standard InChI is InChI=1S/C12H24N2S/c1-10-8-11(13-2)5-6-14(10)9-12-4-3-7-15-12/h10-13H,3-9H2,1-2H3. The monoisotopic (exact) mass is 228 g/mol. The number of nitrogens with zero attached hydrogens (tertiary/aromatic N) is 1. The van der Waals surface area contributed by atoms with E-state index < -0.39 is 0 Å². The lowest BCUT2D eigenvalue weighted by Gasteiger charge is -2.38. The van der Waals surface area contributed by atoms with E-state index >= 15 is 0 Å². The molecule has 88 valence electrons. The molecule has 2 aliphatic heterocycles. The summed E-state index contributed by atoms with van der Waals surface area (Å²) < 4.78 is 0. The highest BCUT2D eigenvalue weighted by Crippen LogP contribution is 2.28. The number of thioether (sulfide) groups is 1. The minimum Gasteiger partial charge on any atom is -0.317 e. The van der Waals surface area contributed by atoms with Gasteiger partial charge in [0.2, 0.25) is 0 Å². The Morgan fingerprint density at radius 1 is 1.40 bits per heavy atom. The van der Waals surface area contributed by atoms with Crippen LogP contribution in [0.5, 0.6) is 0 Å². The zero-order chi connectivity index (χ0) is 10.7. The maximum Gasteiger partial charge on any atom is 0.0175 e. The van der Waals surface area contributed by atoms with Gasteiger partial charge in [0.1, 0.15) is 0 Å². The highest BCUT2D eigenvalue weighted by Gasteiger charge is 2.27. The van der Waals surface area contributed by atoms with Crippen LogP contribution in [0.3, 0.4) is 0 Å². The topological polar surface area (TPSA) is 15.3 Å². The van der Waals surface area contributed by atoms with Gasteiger partial charge in [0.25, 0.3) is 0 Å². The number of nitrogens with one attached hydrogen (secondary N) is 1. The lowest BCUT2D eigenvalue weighted by atomic mass is 9.98. The van der Waals surface area contributed by atoms with E-state index in [1.807, 2.05) is 0 Å². The van der Waals surface area contributed by atoms with Crippen LogP contribution in [0.15, 0.2) is 0 Å². The average molecular weight is 228 g/mol. The van der Waals surface area contributed by atoms with Crippen LogP contribution in [0, 0.1) is 0 Å². The fourth-order valence-electron chi connectivity index (χ4n) is 2.80. The Morgan fingerprint density at radius 3 is 2.87 bits per heavy atom. The first kappa shape index (κ1) is 11.7. The van der Waals surface area contributed by atoms with Crippen molar-refractivity contribution in [2.24, 2.45) is 0 Å². The van der Waals surface area contributed by atoms with Crippen molar-refractivity contribution in [3.63, 3.8) is 0 Å². The summed E-state index contributed by atoms with van der Waals surface area (Å²) in [5, 5.41) is 4.35. The van der Waals surface area contributed by atoms with Gasteiger partial charge >= 0.3 is 0 Å². The van der Waals surface area contributed by atoms with Gasteiger partial charge in [0.05, 0.1) is 0 Å². The third-order valence-electron chi connectivity index (χ3n) is 3.88. The number of hydrogen-bond acceptors (Lipinski definition) is 3. The van der Waals surface area contributed by atoms with Crippen LogP contribution in [-0.4, -0.2) is 48.1 Å². The van der Waals surface area contributed by atoms with E-state index in [9.17, 15) is 0 Å². The molecule has 0 radical (unpaired) electrons. The molecular weight excluding hydrogens is 204 g/mol. The van der Waals surface area contributed by atoms with Crippen molar-refractivity contribution in [1.82, 2.24) is 10.2 Å². The quantitative estimate of drug-likeness (QED) is 0.795. The Bertz CT molecular complexity index is 192. The van der Waals surface area contributed by atoms with Gasteiger partial charge in [-0.05, 0) is 52.0 Å². The fraction of sp³-hybridized carbons (Fsp3) is 1.00. The maximum absolute atomic E-state index is 3.42. The van der Waals surface area contributed by atoms with Gasteiger partial charge in [-0.15, -0.1) is 0 Å². The molecule has 0 saturated carbocycles. The highest BCUT2D eigenvalue weighted by molar-refractivity contribution is 8.00. The van der Waals surface area contributed by atoms with E-state index in [1.165, 1.54) is 44.5 Å². The second kappa shape index (κ2) is 5.55. The molecular formula is C12H24N2S. The third kappa shape index (κ3) is 3.11. The van der Waals surface area contributed by atoms with Crippen molar-refractivity contribution in [2.75, 3.05) is 25.9 Å². The van der Waals surface area contributed by atoms with Crippen LogP contribution in [-0.2, 0) is 0 Å². The molecule has 0 amide bonds. The highest BCUT2D eigenvalue weighted by atomic mass is 32.2. The Labute approximate surface area is 98.2 Å². The first-order valence-electron chi connectivity index (χ1n) is 6.32. The van der Waals surface area contributed by atoms with Crippen molar-refractivity contribution in [3.05, 3.63) is 0 Å². The molecule has 15 heavy (non-hydrogen) atoms. The molecule has 0 spiro atoms. The van der Waals surface area contributed by atoms with Crippen LogP contribution >= 0.6 is 11.8 Å². The predicted molar refractivity (Wildman–Crippen MR) is 68.6 cm³/mol. The van der Waals surface area contributed by atoms with Crippen LogP contribution in [0.4, 0.5) is 0 Å². The van der Waals surface area contributed by atoms with Gasteiger partial charge in [0.15, 0.2) is 0 Å². The van der Waals surface area contributed by atoms with E-state index in [0.29, 0.717) is 0 Å². The summed E-state index contributed by atoms with van der Waals surface area (Å²) in [6.45, 7) is 5.02. The SMILES string of the molecule is CNC1CCN(CC2CCCS2)C(C)C1.